The fourth-order valence-corrected chi connectivity index (χ4v) is 1.84. The number of nitrogens with one attached hydrogen (secondary N) is 1. The average Bonchev–Trinajstić information content (AvgIpc) is 2.59. The number of hydrogen-bond acceptors (Lipinski definition) is 7. The Labute approximate surface area is 143 Å². The Morgan fingerprint density at radius 1 is 1.08 bits per heavy atom. The standard InChI is InChI=1S/C17H28N2O5/c1-14(2)17(21)15-3-4-16(19-13-15)18-5-7-22-9-11-24-12-10-23-8-6-20/h3-4,13-14,20H,5-12H2,1-2H3,(H,18,19). The maximum absolute atomic E-state index is 11.8. The summed E-state index contributed by atoms with van der Waals surface area (Å²) >= 11 is 0. The minimum atomic E-state index is -0.0255. The van der Waals surface area contributed by atoms with E-state index in [-0.39, 0.29) is 18.3 Å². The third kappa shape index (κ3) is 8.93. The summed E-state index contributed by atoms with van der Waals surface area (Å²) in [6, 6.07) is 3.58. The second kappa shape index (κ2) is 12.8. The zero-order valence-corrected chi connectivity index (χ0v) is 14.5. The normalized spacial score (nSPS) is 11.0. The highest BCUT2D eigenvalue weighted by Gasteiger charge is 2.10. The summed E-state index contributed by atoms with van der Waals surface area (Å²) in [5, 5.41) is 11.7. The van der Waals surface area contributed by atoms with Gasteiger partial charge in [-0.15, -0.1) is 0 Å². The molecule has 0 radical (unpaired) electrons. The van der Waals surface area contributed by atoms with Gasteiger partial charge in [-0.2, -0.15) is 0 Å². The molecule has 136 valence electrons. The number of nitrogens with zero attached hydrogens (tertiary/aromatic N) is 1. The SMILES string of the molecule is CC(C)C(=O)c1ccc(NCCOCCOCCOCCO)nc1. The molecular weight excluding hydrogens is 312 g/mol. The molecule has 0 amide bonds. The van der Waals surface area contributed by atoms with Crippen LogP contribution in [0.2, 0.25) is 0 Å². The maximum atomic E-state index is 11.8. The van der Waals surface area contributed by atoms with Crippen molar-refractivity contribution >= 4 is 11.6 Å². The number of aliphatic hydroxyl groups is 1. The lowest BCUT2D eigenvalue weighted by molar-refractivity contribution is 0.00920. The molecule has 7 heteroatoms. The van der Waals surface area contributed by atoms with Gasteiger partial charge in [0.25, 0.3) is 0 Å². The van der Waals surface area contributed by atoms with Crippen LogP contribution < -0.4 is 5.32 Å². The summed E-state index contributed by atoms with van der Waals surface area (Å²) in [5.74, 6) is 0.790. The molecule has 2 N–H and O–H groups in total. The van der Waals surface area contributed by atoms with Crippen molar-refractivity contribution in [1.82, 2.24) is 4.98 Å². The first-order chi connectivity index (χ1) is 11.6. The minimum Gasteiger partial charge on any atom is -0.394 e. The topological polar surface area (TPSA) is 89.9 Å². The summed E-state index contributed by atoms with van der Waals surface area (Å²) in [6.45, 7) is 7.27. The number of pyridine rings is 1. The first-order valence-corrected chi connectivity index (χ1v) is 8.23. The monoisotopic (exact) mass is 340 g/mol. The van der Waals surface area contributed by atoms with Gasteiger partial charge in [-0.3, -0.25) is 4.79 Å². The molecule has 0 saturated carbocycles. The molecule has 0 aliphatic rings. The number of hydrogen-bond donors (Lipinski definition) is 2. The van der Waals surface area contributed by atoms with Crippen LogP contribution in [-0.2, 0) is 14.2 Å². The second-order valence-corrected chi connectivity index (χ2v) is 5.44. The van der Waals surface area contributed by atoms with Crippen molar-refractivity contribution in [1.29, 1.82) is 0 Å². The van der Waals surface area contributed by atoms with Crippen molar-refractivity contribution < 1.29 is 24.1 Å². The third-order valence-electron chi connectivity index (χ3n) is 3.10. The molecule has 24 heavy (non-hydrogen) atoms. The molecule has 0 aliphatic carbocycles. The van der Waals surface area contributed by atoms with Crippen molar-refractivity contribution in [2.75, 3.05) is 58.1 Å². The fourth-order valence-electron chi connectivity index (χ4n) is 1.84. The summed E-state index contributed by atoms with van der Waals surface area (Å²) in [6.07, 6.45) is 1.60. The zero-order chi connectivity index (χ0) is 17.6. The predicted molar refractivity (Wildman–Crippen MR) is 91.4 cm³/mol. The summed E-state index contributed by atoms with van der Waals surface area (Å²) in [7, 11) is 0. The summed E-state index contributed by atoms with van der Waals surface area (Å²) in [5.41, 5.74) is 0.631. The van der Waals surface area contributed by atoms with Crippen molar-refractivity contribution in [3.05, 3.63) is 23.9 Å². The van der Waals surface area contributed by atoms with Crippen LogP contribution in [0.4, 0.5) is 5.82 Å². The van der Waals surface area contributed by atoms with Gasteiger partial charge in [-0.05, 0) is 12.1 Å². The van der Waals surface area contributed by atoms with E-state index < -0.39 is 0 Å². The molecular formula is C17H28N2O5. The van der Waals surface area contributed by atoms with E-state index in [0.29, 0.717) is 51.7 Å². The van der Waals surface area contributed by atoms with Crippen molar-refractivity contribution in [2.24, 2.45) is 5.92 Å². The van der Waals surface area contributed by atoms with E-state index >= 15 is 0 Å². The van der Waals surface area contributed by atoms with Crippen LogP contribution in [0.15, 0.2) is 18.3 Å². The van der Waals surface area contributed by atoms with Gasteiger partial charge in [-0.1, -0.05) is 13.8 Å². The highest BCUT2D eigenvalue weighted by Crippen LogP contribution is 2.09. The molecule has 0 aliphatic heterocycles. The summed E-state index contributed by atoms with van der Waals surface area (Å²) in [4.78, 5) is 16.0. The number of ketones is 1. The Balaban J connectivity index is 2.02. The molecule has 0 unspecified atom stereocenters. The first kappa shape index (κ1) is 20.5. The van der Waals surface area contributed by atoms with Gasteiger partial charge in [0, 0.05) is 24.2 Å². The molecule has 1 aromatic rings. The van der Waals surface area contributed by atoms with Gasteiger partial charge >= 0.3 is 0 Å². The Morgan fingerprint density at radius 2 is 1.71 bits per heavy atom. The lowest BCUT2D eigenvalue weighted by Crippen LogP contribution is -2.15. The van der Waals surface area contributed by atoms with Gasteiger partial charge in [-0.25, -0.2) is 4.98 Å². The third-order valence-corrected chi connectivity index (χ3v) is 3.10. The number of carbonyl (C=O) groups excluding carboxylic acids is 1. The lowest BCUT2D eigenvalue weighted by Gasteiger charge is -2.08. The van der Waals surface area contributed by atoms with Crippen molar-refractivity contribution in [3.63, 3.8) is 0 Å². The van der Waals surface area contributed by atoms with Crippen LogP contribution in [0, 0.1) is 5.92 Å². The molecule has 0 spiro atoms. The van der Waals surface area contributed by atoms with Gasteiger partial charge < -0.3 is 24.6 Å². The molecule has 0 bridgehead atoms. The van der Waals surface area contributed by atoms with Gasteiger partial charge in [0.15, 0.2) is 5.78 Å². The summed E-state index contributed by atoms with van der Waals surface area (Å²) < 4.78 is 15.8. The maximum Gasteiger partial charge on any atom is 0.166 e. The molecule has 1 heterocycles. The average molecular weight is 340 g/mol. The Kier molecular flexibility index (Phi) is 11.0. The smallest absolute Gasteiger partial charge is 0.166 e. The Morgan fingerprint density at radius 3 is 2.25 bits per heavy atom. The van der Waals surface area contributed by atoms with Gasteiger partial charge in [0.05, 0.1) is 46.2 Å². The molecule has 7 nitrogen and oxygen atoms in total. The second-order valence-electron chi connectivity index (χ2n) is 5.44. The number of ether oxygens (including phenoxy) is 3. The van der Waals surface area contributed by atoms with E-state index in [1.54, 1.807) is 18.3 Å². The van der Waals surface area contributed by atoms with E-state index in [1.165, 1.54) is 0 Å². The van der Waals surface area contributed by atoms with Gasteiger partial charge in [0.2, 0.25) is 0 Å². The largest absolute Gasteiger partial charge is 0.394 e. The minimum absolute atomic E-state index is 0.0255. The van der Waals surface area contributed by atoms with E-state index in [4.69, 9.17) is 19.3 Å². The predicted octanol–water partition coefficient (Wildman–Crippen LogP) is 1.37. The van der Waals surface area contributed by atoms with E-state index in [0.717, 1.165) is 5.82 Å². The van der Waals surface area contributed by atoms with Gasteiger partial charge in [0.1, 0.15) is 5.82 Å². The molecule has 0 fully saturated rings. The number of aromatic nitrogens is 1. The van der Waals surface area contributed by atoms with Crippen molar-refractivity contribution in [3.8, 4) is 0 Å². The van der Waals surface area contributed by atoms with Crippen LogP contribution in [-0.4, -0.2) is 68.7 Å². The highest BCUT2D eigenvalue weighted by atomic mass is 16.5. The van der Waals surface area contributed by atoms with Crippen LogP contribution in [0.3, 0.4) is 0 Å². The lowest BCUT2D eigenvalue weighted by atomic mass is 10.0. The molecule has 0 saturated heterocycles. The quantitative estimate of drug-likeness (QED) is 0.390. The first-order valence-electron chi connectivity index (χ1n) is 8.23. The number of anilines is 1. The number of aliphatic hydroxyl groups excluding tert-OH is 1. The number of rotatable bonds is 14. The molecule has 0 aromatic carbocycles. The highest BCUT2D eigenvalue weighted by molar-refractivity contribution is 5.97. The zero-order valence-electron chi connectivity index (χ0n) is 14.5. The Bertz CT molecular complexity index is 451. The number of carbonyl (C=O) groups is 1. The van der Waals surface area contributed by atoms with Crippen LogP contribution in [0.5, 0.6) is 0 Å². The molecule has 1 rings (SSSR count). The molecule has 0 atom stereocenters. The van der Waals surface area contributed by atoms with Crippen molar-refractivity contribution in [2.45, 2.75) is 13.8 Å². The number of Topliss-reactive ketones (excluding diaryl/α,β-unsaturated/α-hetero) is 1. The Hall–Kier alpha value is -1.54. The fraction of sp³-hybridized carbons (Fsp3) is 0.647. The van der Waals surface area contributed by atoms with E-state index in [9.17, 15) is 4.79 Å². The van der Waals surface area contributed by atoms with E-state index in [1.807, 2.05) is 13.8 Å². The van der Waals surface area contributed by atoms with Crippen LogP contribution in [0.1, 0.15) is 24.2 Å². The molecule has 1 aromatic heterocycles. The van der Waals surface area contributed by atoms with Crippen LogP contribution >= 0.6 is 0 Å². The van der Waals surface area contributed by atoms with E-state index in [2.05, 4.69) is 10.3 Å². The van der Waals surface area contributed by atoms with Crippen LogP contribution in [0.25, 0.3) is 0 Å².